The van der Waals surface area contributed by atoms with Crippen LogP contribution in [0.3, 0.4) is 0 Å². The maximum Gasteiger partial charge on any atom is 0.573 e. The van der Waals surface area contributed by atoms with Crippen LogP contribution in [0.5, 0.6) is 5.75 Å². The molecule has 2 heterocycles. The van der Waals surface area contributed by atoms with Gasteiger partial charge in [-0.1, -0.05) is 12.1 Å². The van der Waals surface area contributed by atoms with Gasteiger partial charge in [-0.25, -0.2) is 13.2 Å². The summed E-state index contributed by atoms with van der Waals surface area (Å²) < 4.78 is 91.9. The summed E-state index contributed by atoms with van der Waals surface area (Å²) in [5.41, 5.74) is 3.13. The minimum absolute atomic E-state index is 0.147. The summed E-state index contributed by atoms with van der Waals surface area (Å²) in [6, 6.07) is 6.16. The first kappa shape index (κ1) is 26.9. The lowest BCUT2D eigenvalue weighted by Crippen LogP contribution is -2.43. The fourth-order valence-electron chi connectivity index (χ4n) is 3.81. The van der Waals surface area contributed by atoms with E-state index in [-0.39, 0.29) is 18.0 Å². The summed E-state index contributed by atoms with van der Waals surface area (Å²) in [4.78, 5) is 14.0. The second kappa shape index (κ2) is 9.32. The predicted octanol–water partition coefficient (Wildman–Crippen LogP) is 4.93. The van der Waals surface area contributed by atoms with Crippen molar-refractivity contribution in [1.29, 1.82) is 5.26 Å². The third-order valence-corrected chi connectivity index (χ3v) is 5.80. The Morgan fingerprint density at radius 1 is 1.21 bits per heavy atom. The number of halogens is 6. The molecule has 1 amide bonds. The SMILES string of the molecule is CC(C)(C#N)c1nnc(-c2cc3c(cc2F)C(F)(F)C[C@@H](N)C(=O)N3Cc2ccc(OC(F)(F)F)cc2)o1. The fourth-order valence-corrected chi connectivity index (χ4v) is 3.81. The molecule has 0 unspecified atom stereocenters. The lowest BCUT2D eigenvalue weighted by atomic mass is 9.96. The smallest absolute Gasteiger partial charge is 0.419 e. The molecule has 14 heteroatoms. The van der Waals surface area contributed by atoms with Gasteiger partial charge in [-0.2, -0.15) is 5.26 Å². The Kier molecular flexibility index (Phi) is 6.60. The molecule has 0 bridgehead atoms. The highest BCUT2D eigenvalue weighted by molar-refractivity contribution is 5.99. The molecule has 4 rings (SSSR count). The lowest BCUT2D eigenvalue weighted by Gasteiger charge is -2.25. The third kappa shape index (κ3) is 5.28. The summed E-state index contributed by atoms with van der Waals surface area (Å²) in [6.07, 6.45) is -6.02. The van der Waals surface area contributed by atoms with Crippen molar-refractivity contribution in [2.45, 2.75) is 50.6 Å². The topological polar surface area (TPSA) is 118 Å². The molecule has 3 aromatic rings. The van der Waals surface area contributed by atoms with Gasteiger partial charge in [0.15, 0.2) is 0 Å². The zero-order chi connectivity index (χ0) is 28.0. The van der Waals surface area contributed by atoms with Gasteiger partial charge in [0, 0.05) is 12.0 Å². The molecule has 0 saturated heterocycles. The van der Waals surface area contributed by atoms with Crippen LogP contribution in [0.4, 0.5) is 32.0 Å². The van der Waals surface area contributed by atoms with Crippen LogP contribution in [0.15, 0.2) is 40.8 Å². The normalized spacial score (nSPS) is 17.5. The van der Waals surface area contributed by atoms with Crippen LogP contribution < -0.4 is 15.4 Å². The van der Waals surface area contributed by atoms with Gasteiger partial charge in [0.1, 0.15) is 17.0 Å². The highest BCUT2D eigenvalue weighted by Gasteiger charge is 2.45. The molecule has 200 valence electrons. The number of ether oxygens (including phenoxy) is 1. The van der Waals surface area contributed by atoms with Gasteiger partial charge < -0.3 is 19.8 Å². The zero-order valence-electron chi connectivity index (χ0n) is 19.8. The molecule has 1 aliphatic rings. The quantitative estimate of drug-likeness (QED) is 0.457. The van der Waals surface area contributed by atoms with Gasteiger partial charge in [0.2, 0.25) is 11.8 Å². The molecule has 8 nitrogen and oxygen atoms in total. The number of nitriles is 1. The number of benzene rings is 2. The van der Waals surface area contributed by atoms with E-state index in [4.69, 9.17) is 10.2 Å². The van der Waals surface area contributed by atoms with Crippen molar-refractivity contribution >= 4 is 11.6 Å². The Morgan fingerprint density at radius 2 is 1.87 bits per heavy atom. The van der Waals surface area contributed by atoms with E-state index < -0.39 is 70.3 Å². The average Bonchev–Trinajstić information content (AvgIpc) is 3.31. The number of carbonyl (C=O) groups is 1. The summed E-state index contributed by atoms with van der Waals surface area (Å²) in [7, 11) is 0. The van der Waals surface area contributed by atoms with Gasteiger partial charge in [-0.3, -0.25) is 4.79 Å². The first-order valence-corrected chi connectivity index (χ1v) is 11.0. The highest BCUT2D eigenvalue weighted by Crippen LogP contribution is 2.45. The van der Waals surface area contributed by atoms with Gasteiger partial charge in [0.25, 0.3) is 11.8 Å². The molecule has 2 aromatic carbocycles. The Balaban J connectivity index is 1.79. The van der Waals surface area contributed by atoms with E-state index in [1.54, 1.807) is 0 Å². The molecular formula is C24H19F6N5O3. The van der Waals surface area contributed by atoms with Crippen LogP contribution in [0.2, 0.25) is 0 Å². The van der Waals surface area contributed by atoms with E-state index in [0.29, 0.717) is 6.07 Å². The van der Waals surface area contributed by atoms with Crippen LogP contribution >= 0.6 is 0 Å². The number of rotatable bonds is 5. The van der Waals surface area contributed by atoms with E-state index in [9.17, 15) is 23.2 Å². The van der Waals surface area contributed by atoms with E-state index in [1.165, 1.54) is 26.0 Å². The largest absolute Gasteiger partial charge is 0.573 e. The fraction of sp³-hybridized carbons (Fsp3) is 0.333. The Labute approximate surface area is 211 Å². The maximum atomic E-state index is 15.1. The van der Waals surface area contributed by atoms with Crippen LogP contribution in [-0.4, -0.2) is 28.5 Å². The third-order valence-electron chi connectivity index (χ3n) is 5.80. The number of nitrogens with two attached hydrogens (primary N) is 1. The van der Waals surface area contributed by atoms with Crippen molar-refractivity contribution in [3.63, 3.8) is 0 Å². The molecule has 0 radical (unpaired) electrons. The minimum atomic E-state index is -4.92. The molecular weight excluding hydrogens is 520 g/mol. The van der Waals surface area contributed by atoms with Crippen molar-refractivity contribution in [2.75, 3.05) is 4.90 Å². The second-order valence-corrected chi connectivity index (χ2v) is 9.13. The van der Waals surface area contributed by atoms with Gasteiger partial charge in [-0.15, -0.1) is 23.4 Å². The number of aromatic nitrogens is 2. The van der Waals surface area contributed by atoms with Gasteiger partial charge >= 0.3 is 6.36 Å². The maximum absolute atomic E-state index is 15.1. The number of fused-ring (bicyclic) bond motifs is 1. The summed E-state index contributed by atoms with van der Waals surface area (Å²) in [5.74, 6) is -6.86. The van der Waals surface area contributed by atoms with Crippen LogP contribution in [0.25, 0.3) is 11.5 Å². The molecule has 38 heavy (non-hydrogen) atoms. The van der Waals surface area contributed by atoms with Crippen molar-refractivity contribution in [2.24, 2.45) is 5.73 Å². The number of hydrogen-bond acceptors (Lipinski definition) is 7. The van der Waals surface area contributed by atoms with Crippen molar-refractivity contribution in [3.8, 4) is 23.3 Å². The number of amides is 1. The number of hydrogen-bond donors (Lipinski definition) is 1. The van der Waals surface area contributed by atoms with Gasteiger partial charge in [0.05, 0.1) is 29.9 Å². The number of alkyl halides is 5. The van der Waals surface area contributed by atoms with E-state index in [2.05, 4.69) is 14.9 Å². The van der Waals surface area contributed by atoms with Crippen LogP contribution in [0, 0.1) is 17.1 Å². The Bertz CT molecular complexity index is 1410. The monoisotopic (exact) mass is 539 g/mol. The molecule has 0 fully saturated rings. The molecule has 2 N–H and O–H groups in total. The molecule has 1 atom stereocenters. The number of anilines is 1. The highest BCUT2D eigenvalue weighted by atomic mass is 19.4. The second-order valence-electron chi connectivity index (χ2n) is 9.13. The van der Waals surface area contributed by atoms with Crippen molar-refractivity contribution < 1.29 is 40.3 Å². The predicted molar refractivity (Wildman–Crippen MR) is 119 cm³/mol. The van der Waals surface area contributed by atoms with Crippen molar-refractivity contribution in [3.05, 3.63) is 59.2 Å². The van der Waals surface area contributed by atoms with Crippen LogP contribution in [0.1, 0.15) is 37.3 Å². The summed E-state index contributed by atoms with van der Waals surface area (Å²) in [5, 5.41) is 16.7. The Morgan fingerprint density at radius 3 is 2.47 bits per heavy atom. The molecule has 0 spiro atoms. The first-order chi connectivity index (χ1) is 17.6. The standard InChI is InChI=1S/C24H19F6N5O3/c1-22(2,11-31)21-34-33-19(37-21)14-7-18-15(8-16(14)25)23(26,27)9-17(32)20(36)35(18)10-12-3-5-13(6-4-12)38-24(28,29)30/h3-8,17H,9-10,32H2,1-2H3/t17-/m1/s1. The first-order valence-electron chi connectivity index (χ1n) is 11.0. The number of nitrogens with zero attached hydrogens (tertiary/aromatic N) is 4. The van der Waals surface area contributed by atoms with E-state index >= 15 is 13.2 Å². The summed E-state index contributed by atoms with van der Waals surface area (Å²) in [6.45, 7) is 2.57. The minimum Gasteiger partial charge on any atom is -0.419 e. The summed E-state index contributed by atoms with van der Waals surface area (Å²) >= 11 is 0. The molecule has 0 saturated carbocycles. The van der Waals surface area contributed by atoms with Crippen molar-refractivity contribution in [1.82, 2.24) is 10.2 Å². The number of carbonyl (C=O) groups excluding carboxylic acids is 1. The molecule has 1 aromatic heterocycles. The zero-order valence-corrected chi connectivity index (χ0v) is 19.8. The van der Waals surface area contributed by atoms with Gasteiger partial charge in [-0.05, 0) is 43.7 Å². The van der Waals surface area contributed by atoms with Crippen LogP contribution in [-0.2, 0) is 22.7 Å². The average molecular weight is 539 g/mol. The molecule has 1 aliphatic heterocycles. The van der Waals surface area contributed by atoms with E-state index in [0.717, 1.165) is 23.1 Å². The Hall–Kier alpha value is -4.12. The molecule has 0 aliphatic carbocycles. The lowest BCUT2D eigenvalue weighted by molar-refractivity contribution is -0.274. The van der Waals surface area contributed by atoms with E-state index in [1.807, 2.05) is 6.07 Å².